The van der Waals surface area contributed by atoms with E-state index < -0.39 is 53.3 Å². The first-order chi connectivity index (χ1) is 21.7. The minimum Gasteiger partial charge on any atom is -0.481 e. The number of ketones is 1. The first-order valence-corrected chi connectivity index (χ1v) is 16.2. The molecule has 0 amide bonds. The number of halogens is 3. The van der Waals surface area contributed by atoms with Crippen LogP contribution in [0.4, 0.5) is 13.2 Å². The van der Waals surface area contributed by atoms with Crippen LogP contribution in [0.25, 0.3) is 11.1 Å². The molecule has 3 aromatic rings. The molecule has 7 nitrogen and oxygen atoms in total. The standard InChI is InChI=1S/C35H41F3N3O4Si/c1-19(2)35(46)34(41-30(43)13-22(5)28(39-41)11-12-40-17-25(36)18-40)29(42)10-9-23(16-31(44)45)26-14-24(15-27(37)33(26)38)32-20(3)7-6-8-21(32)4/h6-8,13-15,19,23,25,34-35H,9-12,16-18H2,1-5H3,(H,44,45)/t23-,34+,35?/m0/s1. The van der Waals surface area contributed by atoms with Gasteiger partial charge in [-0.1, -0.05) is 32.0 Å². The largest absolute Gasteiger partial charge is 0.481 e. The summed E-state index contributed by atoms with van der Waals surface area (Å²) in [6.07, 6.45) is -1.18. The van der Waals surface area contributed by atoms with Crippen LogP contribution in [-0.4, -0.2) is 67.6 Å². The number of aliphatic carboxylic acids is 1. The number of carboxylic acid groups (broad SMARTS) is 1. The number of carbonyl (C=O) groups excluding carboxylic acids is 1. The summed E-state index contributed by atoms with van der Waals surface area (Å²) in [5.41, 5.74) is 3.07. The molecule has 1 saturated heterocycles. The highest BCUT2D eigenvalue weighted by atomic mass is 28.1. The van der Waals surface area contributed by atoms with E-state index >= 15 is 8.78 Å². The van der Waals surface area contributed by atoms with Crippen molar-refractivity contribution in [3.63, 3.8) is 0 Å². The molecule has 245 valence electrons. The van der Waals surface area contributed by atoms with E-state index in [1.807, 2.05) is 50.8 Å². The fraction of sp³-hybridized carbons (Fsp3) is 0.486. The van der Waals surface area contributed by atoms with Crippen molar-refractivity contribution in [1.29, 1.82) is 0 Å². The lowest BCUT2D eigenvalue weighted by atomic mass is 9.85. The second kappa shape index (κ2) is 14.9. The van der Waals surface area contributed by atoms with Gasteiger partial charge >= 0.3 is 5.97 Å². The van der Waals surface area contributed by atoms with E-state index in [-0.39, 0.29) is 30.1 Å². The zero-order valence-electron chi connectivity index (χ0n) is 26.9. The van der Waals surface area contributed by atoms with Gasteiger partial charge in [0.05, 0.1) is 12.1 Å². The predicted octanol–water partition coefficient (Wildman–Crippen LogP) is 6.07. The van der Waals surface area contributed by atoms with Crippen LogP contribution in [-0.2, 0) is 16.0 Å². The summed E-state index contributed by atoms with van der Waals surface area (Å²) in [5, 5.41) is 14.3. The molecule has 2 heterocycles. The lowest BCUT2D eigenvalue weighted by Gasteiger charge is -2.34. The first-order valence-electron chi connectivity index (χ1n) is 15.6. The molecule has 1 aliphatic rings. The summed E-state index contributed by atoms with van der Waals surface area (Å²) in [6.45, 7) is 10.5. The number of aromatic nitrogens is 2. The van der Waals surface area contributed by atoms with Crippen LogP contribution in [0.5, 0.6) is 0 Å². The number of rotatable bonds is 14. The minimum absolute atomic E-state index is 0.0853. The Balaban J connectivity index is 1.66. The average Bonchev–Trinajstić information content (AvgIpc) is 2.96. The molecule has 1 aliphatic heterocycles. The summed E-state index contributed by atoms with van der Waals surface area (Å²) in [4.78, 5) is 41.0. The molecule has 3 atom stereocenters. The molecule has 0 bridgehead atoms. The van der Waals surface area contributed by atoms with Gasteiger partial charge in [-0.15, -0.1) is 0 Å². The van der Waals surface area contributed by atoms with Crippen LogP contribution >= 0.6 is 0 Å². The van der Waals surface area contributed by atoms with Gasteiger partial charge in [0.1, 0.15) is 12.2 Å². The maximum Gasteiger partial charge on any atom is 0.303 e. The second-order valence-electron chi connectivity index (χ2n) is 12.8. The third kappa shape index (κ3) is 8.04. The van der Waals surface area contributed by atoms with Crippen LogP contribution in [0.15, 0.2) is 41.2 Å². The zero-order chi connectivity index (χ0) is 33.9. The van der Waals surface area contributed by atoms with Crippen molar-refractivity contribution >= 4 is 22.0 Å². The minimum atomic E-state index is -1.21. The van der Waals surface area contributed by atoms with Gasteiger partial charge in [-0.05, 0) is 90.1 Å². The Labute approximate surface area is 271 Å². The van der Waals surface area contributed by atoms with Gasteiger partial charge in [0.25, 0.3) is 5.56 Å². The fourth-order valence-electron chi connectivity index (χ4n) is 6.21. The normalized spacial score (nSPS) is 15.9. The number of hydrogen-bond donors (Lipinski definition) is 1. The van der Waals surface area contributed by atoms with E-state index in [1.165, 1.54) is 16.8 Å². The highest BCUT2D eigenvalue weighted by molar-refractivity contribution is 6.14. The molecule has 2 aromatic carbocycles. The van der Waals surface area contributed by atoms with Gasteiger partial charge in [-0.2, -0.15) is 5.10 Å². The Hall–Kier alpha value is -3.57. The molecule has 46 heavy (non-hydrogen) atoms. The van der Waals surface area contributed by atoms with Gasteiger partial charge in [0.2, 0.25) is 0 Å². The summed E-state index contributed by atoms with van der Waals surface area (Å²) in [5.74, 6) is -4.95. The molecule has 4 rings (SSSR count). The summed E-state index contributed by atoms with van der Waals surface area (Å²) in [6, 6.07) is 8.57. The van der Waals surface area contributed by atoms with Crippen molar-refractivity contribution in [2.75, 3.05) is 19.6 Å². The van der Waals surface area contributed by atoms with Crippen molar-refractivity contribution < 1.29 is 27.9 Å². The highest BCUT2D eigenvalue weighted by Gasteiger charge is 2.33. The molecule has 0 aliphatic carbocycles. The molecular formula is C35H41F3N3O4Si. The molecule has 1 unspecified atom stereocenters. The highest BCUT2D eigenvalue weighted by Crippen LogP contribution is 2.37. The van der Waals surface area contributed by atoms with Crippen molar-refractivity contribution in [1.82, 2.24) is 14.7 Å². The summed E-state index contributed by atoms with van der Waals surface area (Å²) < 4.78 is 44.9. The fourth-order valence-corrected chi connectivity index (χ4v) is 6.54. The van der Waals surface area contributed by atoms with Crippen molar-refractivity contribution in [3.05, 3.63) is 86.3 Å². The monoisotopic (exact) mass is 652 g/mol. The predicted molar refractivity (Wildman–Crippen MR) is 172 cm³/mol. The third-order valence-corrected chi connectivity index (χ3v) is 9.89. The van der Waals surface area contributed by atoms with E-state index in [2.05, 4.69) is 15.3 Å². The average molecular weight is 653 g/mol. The van der Waals surface area contributed by atoms with E-state index in [0.717, 1.165) is 22.8 Å². The van der Waals surface area contributed by atoms with E-state index in [9.17, 15) is 23.9 Å². The molecule has 1 N–H and O–H groups in total. The molecule has 0 saturated carbocycles. The van der Waals surface area contributed by atoms with Crippen molar-refractivity contribution in [3.8, 4) is 11.1 Å². The maximum atomic E-state index is 15.4. The Kier molecular flexibility index (Phi) is 11.4. The molecule has 11 heteroatoms. The number of likely N-dealkylation sites (tertiary alicyclic amines) is 1. The van der Waals surface area contributed by atoms with Crippen LogP contribution in [0, 0.1) is 38.3 Å². The van der Waals surface area contributed by atoms with Crippen LogP contribution in [0.2, 0.25) is 5.54 Å². The SMILES string of the molecule is Cc1cc(=O)n([C@H](C(=O)CC[C@@H](CC(=O)O)c2cc(-c3c(C)cccc3C)cc(F)c2F)C([Si])C(C)C)nc1CCN1CC(F)C1. The Morgan fingerprint density at radius 1 is 1.07 bits per heavy atom. The zero-order valence-corrected chi connectivity index (χ0v) is 27.9. The van der Waals surface area contributed by atoms with E-state index in [0.29, 0.717) is 42.9 Å². The number of aryl methyl sites for hydroxylation is 3. The third-order valence-electron chi connectivity index (χ3n) is 8.90. The number of Topliss-reactive ketones (excluding diaryl/α,β-unsaturated/α-hetero) is 1. The van der Waals surface area contributed by atoms with Crippen LogP contribution < -0.4 is 5.56 Å². The molecular weight excluding hydrogens is 611 g/mol. The molecule has 3 radical (unpaired) electrons. The Bertz CT molecular complexity index is 1630. The van der Waals surface area contributed by atoms with Crippen LogP contribution in [0.1, 0.15) is 73.0 Å². The lowest BCUT2D eigenvalue weighted by molar-refractivity contribution is -0.137. The molecule has 0 spiro atoms. The molecule has 1 fully saturated rings. The number of nitrogens with zero attached hydrogens (tertiary/aromatic N) is 3. The Morgan fingerprint density at radius 2 is 1.72 bits per heavy atom. The van der Waals surface area contributed by atoms with Gasteiger partial charge in [-0.25, -0.2) is 17.9 Å². The van der Waals surface area contributed by atoms with E-state index in [4.69, 9.17) is 0 Å². The van der Waals surface area contributed by atoms with Crippen LogP contribution in [0.3, 0.4) is 0 Å². The smallest absolute Gasteiger partial charge is 0.303 e. The second-order valence-corrected chi connectivity index (χ2v) is 13.5. The summed E-state index contributed by atoms with van der Waals surface area (Å²) in [7, 11) is 3.66. The number of hydrogen-bond acceptors (Lipinski definition) is 5. The van der Waals surface area contributed by atoms with Gasteiger partial charge in [0.15, 0.2) is 17.4 Å². The number of benzene rings is 2. The first kappa shape index (κ1) is 35.3. The molecule has 1 aromatic heterocycles. The number of carbonyl (C=O) groups is 2. The van der Waals surface area contributed by atoms with Crippen molar-refractivity contribution in [2.24, 2.45) is 5.92 Å². The number of alkyl halides is 1. The van der Waals surface area contributed by atoms with E-state index in [1.54, 1.807) is 6.92 Å². The topological polar surface area (TPSA) is 92.5 Å². The lowest BCUT2D eigenvalue weighted by Crippen LogP contribution is -2.49. The van der Waals surface area contributed by atoms with Gasteiger partial charge < -0.3 is 5.11 Å². The Morgan fingerprint density at radius 3 is 2.30 bits per heavy atom. The van der Waals surface area contributed by atoms with Gasteiger partial charge in [0, 0.05) is 48.8 Å². The quantitative estimate of drug-likeness (QED) is 0.213. The maximum absolute atomic E-state index is 15.4. The number of carboxylic acids is 1. The summed E-state index contributed by atoms with van der Waals surface area (Å²) >= 11 is 0. The van der Waals surface area contributed by atoms with Gasteiger partial charge in [-0.3, -0.25) is 19.3 Å². The van der Waals surface area contributed by atoms with Crippen molar-refractivity contribution in [2.45, 2.75) is 84.0 Å².